The standard InChI is InChI=1S/C13H23N3O/c14-13-7-15-4-1-12(13)10-2-5-16(6-3-10)11-8-17-9-11/h7,10-13H,1-6,8-9,14H2. The van der Waals surface area contributed by atoms with Crippen molar-refractivity contribution in [3.63, 3.8) is 0 Å². The van der Waals surface area contributed by atoms with E-state index in [-0.39, 0.29) is 6.04 Å². The Kier molecular flexibility index (Phi) is 3.45. The molecule has 4 nitrogen and oxygen atoms in total. The minimum atomic E-state index is 0.201. The van der Waals surface area contributed by atoms with E-state index in [1.807, 2.05) is 6.21 Å². The van der Waals surface area contributed by atoms with Crippen molar-refractivity contribution in [1.29, 1.82) is 0 Å². The monoisotopic (exact) mass is 237 g/mol. The van der Waals surface area contributed by atoms with Crippen LogP contribution in [0.5, 0.6) is 0 Å². The molecule has 3 aliphatic heterocycles. The molecule has 2 N–H and O–H groups in total. The molecule has 0 spiro atoms. The fourth-order valence-corrected chi connectivity index (χ4v) is 3.42. The van der Waals surface area contributed by atoms with Gasteiger partial charge in [-0.15, -0.1) is 0 Å². The normalized spacial score (nSPS) is 37.0. The number of rotatable bonds is 2. The lowest BCUT2D eigenvalue weighted by Gasteiger charge is -2.44. The molecule has 0 aromatic rings. The van der Waals surface area contributed by atoms with Crippen molar-refractivity contribution in [2.75, 3.05) is 32.8 Å². The van der Waals surface area contributed by atoms with Crippen LogP contribution in [0.2, 0.25) is 0 Å². The van der Waals surface area contributed by atoms with E-state index in [0.29, 0.717) is 12.0 Å². The van der Waals surface area contributed by atoms with Gasteiger partial charge in [-0.05, 0) is 44.2 Å². The van der Waals surface area contributed by atoms with Crippen LogP contribution in [0.3, 0.4) is 0 Å². The molecule has 0 aromatic heterocycles. The second kappa shape index (κ2) is 5.04. The Morgan fingerprint density at radius 2 is 1.94 bits per heavy atom. The molecule has 0 amide bonds. The molecule has 4 heteroatoms. The van der Waals surface area contributed by atoms with Gasteiger partial charge in [0.15, 0.2) is 0 Å². The van der Waals surface area contributed by atoms with Crippen LogP contribution in [0.15, 0.2) is 4.99 Å². The lowest BCUT2D eigenvalue weighted by molar-refractivity contribution is -0.0761. The van der Waals surface area contributed by atoms with Gasteiger partial charge in [-0.2, -0.15) is 0 Å². The van der Waals surface area contributed by atoms with Gasteiger partial charge in [-0.25, -0.2) is 0 Å². The predicted octanol–water partition coefficient (Wildman–Crippen LogP) is 0.515. The molecule has 0 bridgehead atoms. The third-order valence-electron chi connectivity index (χ3n) is 4.68. The number of likely N-dealkylation sites (tertiary alicyclic amines) is 1. The summed E-state index contributed by atoms with van der Waals surface area (Å²) in [5.74, 6) is 1.49. The first-order valence-electron chi connectivity index (χ1n) is 6.92. The van der Waals surface area contributed by atoms with E-state index in [2.05, 4.69) is 9.89 Å². The highest BCUT2D eigenvalue weighted by Crippen LogP contribution is 2.31. The van der Waals surface area contributed by atoms with Crippen LogP contribution < -0.4 is 5.73 Å². The molecule has 2 saturated heterocycles. The summed E-state index contributed by atoms with van der Waals surface area (Å²) in [6.45, 7) is 5.34. The van der Waals surface area contributed by atoms with Crippen molar-refractivity contribution in [2.45, 2.75) is 31.3 Å². The highest BCUT2D eigenvalue weighted by molar-refractivity contribution is 5.65. The summed E-state index contributed by atoms with van der Waals surface area (Å²) in [5, 5.41) is 0. The summed E-state index contributed by atoms with van der Waals surface area (Å²) in [6.07, 6.45) is 5.78. The largest absolute Gasteiger partial charge is 0.378 e. The first-order valence-corrected chi connectivity index (χ1v) is 6.92. The van der Waals surface area contributed by atoms with Gasteiger partial charge in [0.2, 0.25) is 0 Å². The number of hydrogen-bond acceptors (Lipinski definition) is 4. The zero-order valence-corrected chi connectivity index (χ0v) is 10.4. The maximum absolute atomic E-state index is 6.16. The van der Waals surface area contributed by atoms with Crippen LogP contribution in [-0.4, -0.2) is 56.0 Å². The quantitative estimate of drug-likeness (QED) is 0.761. The highest BCUT2D eigenvalue weighted by atomic mass is 16.5. The van der Waals surface area contributed by atoms with Gasteiger partial charge in [0, 0.05) is 18.8 Å². The van der Waals surface area contributed by atoms with Gasteiger partial charge in [0.25, 0.3) is 0 Å². The van der Waals surface area contributed by atoms with Crippen molar-refractivity contribution in [3.05, 3.63) is 0 Å². The Bertz CT molecular complexity index is 282. The van der Waals surface area contributed by atoms with Crippen LogP contribution in [0, 0.1) is 11.8 Å². The van der Waals surface area contributed by atoms with Gasteiger partial charge in [-0.1, -0.05) is 0 Å². The van der Waals surface area contributed by atoms with E-state index < -0.39 is 0 Å². The lowest BCUT2D eigenvalue weighted by atomic mass is 9.77. The van der Waals surface area contributed by atoms with Crippen molar-refractivity contribution < 1.29 is 4.74 Å². The number of ether oxygens (including phenoxy) is 1. The third-order valence-corrected chi connectivity index (χ3v) is 4.68. The van der Waals surface area contributed by atoms with Gasteiger partial charge in [-0.3, -0.25) is 9.89 Å². The van der Waals surface area contributed by atoms with Crippen LogP contribution in [0.25, 0.3) is 0 Å². The van der Waals surface area contributed by atoms with E-state index in [0.717, 1.165) is 25.7 Å². The Morgan fingerprint density at radius 1 is 1.18 bits per heavy atom. The zero-order chi connectivity index (χ0) is 11.7. The van der Waals surface area contributed by atoms with Crippen molar-refractivity contribution in [2.24, 2.45) is 22.6 Å². The molecule has 2 unspecified atom stereocenters. The average Bonchev–Trinajstić information content (AvgIpc) is 2.29. The van der Waals surface area contributed by atoms with E-state index in [1.54, 1.807) is 0 Å². The number of nitrogens with zero attached hydrogens (tertiary/aromatic N) is 2. The van der Waals surface area contributed by atoms with Gasteiger partial charge < -0.3 is 10.5 Å². The topological polar surface area (TPSA) is 50.8 Å². The molecule has 0 radical (unpaired) electrons. The number of aliphatic imine (C=N–C) groups is 1. The second-order valence-corrected chi connectivity index (χ2v) is 5.65. The molecule has 96 valence electrons. The summed E-state index contributed by atoms with van der Waals surface area (Å²) in [4.78, 5) is 6.89. The maximum atomic E-state index is 6.16. The SMILES string of the molecule is NC1C=NCCC1C1CCN(C2COC2)CC1. The molecule has 3 heterocycles. The van der Waals surface area contributed by atoms with Crippen LogP contribution in [0.1, 0.15) is 19.3 Å². The molecule has 3 aliphatic rings. The van der Waals surface area contributed by atoms with Crippen LogP contribution >= 0.6 is 0 Å². The van der Waals surface area contributed by atoms with E-state index in [4.69, 9.17) is 10.5 Å². The molecule has 3 rings (SSSR count). The summed E-state index contributed by atoms with van der Waals surface area (Å²) in [6, 6.07) is 0.907. The Hall–Kier alpha value is -0.450. The molecule has 0 aliphatic carbocycles. The maximum Gasteiger partial charge on any atom is 0.0645 e. The summed E-state index contributed by atoms with van der Waals surface area (Å²) in [7, 11) is 0. The van der Waals surface area contributed by atoms with Gasteiger partial charge >= 0.3 is 0 Å². The summed E-state index contributed by atoms with van der Waals surface area (Å²) >= 11 is 0. The fraction of sp³-hybridized carbons (Fsp3) is 0.923. The first kappa shape index (κ1) is 11.6. The smallest absolute Gasteiger partial charge is 0.0645 e. The zero-order valence-electron chi connectivity index (χ0n) is 10.4. The lowest BCUT2D eigenvalue weighted by Crippen LogP contribution is -2.53. The summed E-state index contributed by atoms with van der Waals surface area (Å²) < 4.78 is 5.27. The Labute approximate surface area is 103 Å². The number of piperidine rings is 1. The van der Waals surface area contributed by atoms with E-state index in [1.165, 1.54) is 32.4 Å². The van der Waals surface area contributed by atoms with Crippen molar-refractivity contribution in [1.82, 2.24) is 4.90 Å². The average molecular weight is 237 g/mol. The second-order valence-electron chi connectivity index (χ2n) is 5.65. The Balaban J connectivity index is 1.52. The molecular formula is C13H23N3O. The molecule has 0 aromatic carbocycles. The molecule has 17 heavy (non-hydrogen) atoms. The van der Waals surface area contributed by atoms with E-state index >= 15 is 0 Å². The highest BCUT2D eigenvalue weighted by Gasteiger charge is 2.34. The fourth-order valence-electron chi connectivity index (χ4n) is 3.42. The molecule has 0 saturated carbocycles. The summed E-state index contributed by atoms with van der Waals surface area (Å²) in [5.41, 5.74) is 6.16. The Morgan fingerprint density at radius 3 is 2.53 bits per heavy atom. The molecule has 2 fully saturated rings. The van der Waals surface area contributed by atoms with Crippen LogP contribution in [-0.2, 0) is 4.74 Å². The van der Waals surface area contributed by atoms with Crippen LogP contribution in [0.4, 0.5) is 0 Å². The minimum absolute atomic E-state index is 0.201. The predicted molar refractivity (Wildman–Crippen MR) is 68.3 cm³/mol. The van der Waals surface area contributed by atoms with Crippen molar-refractivity contribution in [3.8, 4) is 0 Å². The molecule has 2 atom stereocenters. The minimum Gasteiger partial charge on any atom is -0.378 e. The van der Waals surface area contributed by atoms with E-state index in [9.17, 15) is 0 Å². The number of hydrogen-bond donors (Lipinski definition) is 1. The third kappa shape index (κ3) is 2.39. The first-order chi connectivity index (χ1) is 8.34. The van der Waals surface area contributed by atoms with Gasteiger partial charge in [0.1, 0.15) is 0 Å². The molecular weight excluding hydrogens is 214 g/mol. The van der Waals surface area contributed by atoms with Gasteiger partial charge in [0.05, 0.1) is 19.3 Å². The number of nitrogens with two attached hydrogens (primary N) is 1. The van der Waals surface area contributed by atoms with Crippen molar-refractivity contribution >= 4 is 6.21 Å².